The molecule has 1 heterocycles. The second-order valence-electron chi connectivity index (χ2n) is 4.39. The molecule has 1 fully saturated rings. The summed E-state index contributed by atoms with van der Waals surface area (Å²) in [5.41, 5.74) is -0.250. The third-order valence-corrected chi connectivity index (χ3v) is 2.58. The van der Waals surface area contributed by atoms with Gasteiger partial charge in [-0.25, -0.2) is 9.59 Å². The van der Waals surface area contributed by atoms with E-state index in [1.807, 2.05) is 6.92 Å². The topological polar surface area (TPSA) is 61.8 Å². The van der Waals surface area contributed by atoms with Crippen LogP contribution in [0.3, 0.4) is 0 Å². The molecule has 1 rings (SSSR count). The molecule has 17 heavy (non-hydrogen) atoms. The minimum absolute atomic E-state index is 0.259. The Morgan fingerprint density at radius 2 is 1.94 bits per heavy atom. The van der Waals surface area contributed by atoms with E-state index in [0.717, 1.165) is 0 Å². The Bertz CT molecular complexity index is 315. The van der Waals surface area contributed by atoms with Gasteiger partial charge < -0.3 is 14.2 Å². The van der Waals surface area contributed by atoms with Gasteiger partial charge in [-0.3, -0.25) is 0 Å². The van der Waals surface area contributed by atoms with Crippen molar-refractivity contribution in [2.24, 2.45) is 0 Å². The zero-order valence-corrected chi connectivity index (χ0v) is 10.3. The highest BCUT2D eigenvalue weighted by Gasteiger charge is 2.31. The van der Waals surface area contributed by atoms with Crippen molar-refractivity contribution in [1.82, 2.24) is 0 Å². The zero-order chi connectivity index (χ0) is 12.9. The van der Waals surface area contributed by atoms with Crippen LogP contribution in [0, 0.1) is 0 Å². The first-order valence-corrected chi connectivity index (χ1v) is 5.55. The number of ether oxygens (including phenoxy) is 3. The van der Waals surface area contributed by atoms with E-state index in [-0.39, 0.29) is 12.2 Å². The maximum Gasteiger partial charge on any atom is 0.344 e. The Morgan fingerprint density at radius 3 is 2.47 bits per heavy atom. The van der Waals surface area contributed by atoms with Crippen molar-refractivity contribution in [3.05, 3.63) is 12.2 Å². The fourth-order valence-electron chi connectivity index (χ4n) is 1.46. The van der Waals surface area contributed by atoms with Crippen LogP contribution in [0.4, 0.5) is 0 Å². The second-order valence-corrected chi connectivity index (χ2v) is 4.39. The number of hydrogen-bond donors (Lipinski definition) is 0. The molecule has 0 bridgehead atoms. The normalized spacial score (nSPS) is 18.2. The Hall–Kier alpha value is -1.36. The average molecular weight is 242 g/mol. The van der Waals surface area contributed by atoms with E-state index in [2.05, 4.69) is 6.58 Å². The molecule has 0 spiro atoms. The van der Waals surface area contributed by atoms with E-state index in [4.69, 9.17) is 14.2 Å². The number of esters is 2. The summed E-state index contributed by atoms with van der Waals surface area (Å²) in [5, 5.41) is 0. The van der Waals surface area contributed by atoms with Crippen LogP contribution in [-0.2, 0) is 23.8 Å². The molecule has 5 nitrogen and oxygen atoms in total. The van der Waals surface area contributed by atoms with Gasteiger partial charge in [0.05, 0.1) is 13.2 Å². The largest absolute Gasteiger partial charge is 0.457 e. The number of hydrogen-bond acceptors (Lipinski definition) is 5. The Morgan fingerprint density at radius 1 is 1.35 bits per heavy atom. The van der Waals surface area contributed by atoms with Gasteiger partial charge in [0, 0.05) is 18.4 Å². The highest BCUT2D eigenvalue weighted by atomic mass is 16.6. The van der Waals surface area contributed by atoms with Gasteiger partial charge in [0.2, 0.25) is 0 Å². The molecule has 96 valence electrons. The van der Waals surface area contributed by atoms with Crippen LogP contribution in [0.2, 0.25) is 0 Å². The van der Waals surface area contributed by atoms with Crippen LogP contribution in [0.15, 0.2) is 12.2 Å². The van der Waals surface area contributed by atoms with Crippen LogP contribution < -0.4 is 0 Å². The molecule has 5 heteroatoms. The Kier molecular flexibility index (Phi) is 4.69. The van der Waals surface area contributed by atoms with E-state index in [0.29, 0.717) is 26.1 Å². The lowest BCUT2D eigenvalue weighted by Crippen LogP contribution is -2.39. The van der Waals surface area contributed by atoms with Crippen LogP contribution in [0.5, 0.6) is 0 Å². The van der Waals surface area contributed by atoms with Crippen molar-refractivity contribution in [1.29, 1.82) is 0 Å². The van der Waals surface area contributed by atoms with Crippen molar-refractivity contribution < 1.29 is 23.8 Å². The standard InChI is InChI=1S/C12H18O5/c1-9(2)11(14)16-8-10(13)17-12(3)4-6-15-7-5-12/h1,4-8H2,2-3H3. The van der Waals surface area contributed by atoms with Crippen molar-refractivity contribution in [3.8, 4) is 0 Å². The fraction of sp³-hybridized carbons (Fsp3) is 0.667. The first-order chi connectivity index (χ1) is 7.93. The van der Waals surface area contributed by atoms with Gasteiger partial charge in [0.1, 0.15) is 5.60 Å². The van der Waals surface area contributed by atoms with Gasteiger partial charge in [-0.2, -0.15) is 0 Å². The summed E-state index contributed by atoms with van der Waals surface area (Å²) in [4.78, 5) is 22.5. The lowest BCUT2D eigenvalue weighted by Gasteiger charge is -2.32. The van der Waals surface area contributed by atoms with Gasteiger partial charge in [-0.1, -0.05) is 6.58 Å². The summed E-state index contributed by atoms with van der Waals surface area (Å²) in [7, 11) is 0. The maximum atomic E-state index is 11.5. The molecule has 0 N–H and O–H groups in total. The van der Waals surface area contributed by atoms with Crippen LogP contribution in [-0.4, -0.2) is 37.4 Å². The van der Waals surface area contributed by atoms with Crippen LogP contribution in [0.25, 0.3) is 0 Å². The molecule has 0 aromatic rings. The predicted molar refractivity (Wildman–Crippen MR) is 60.3 cm³/mol. The summed E-state index contributed by atoms with van der Waals surface area (Å²) in [5.74, 6) is -1.12. The minimum Gasteiger partial charge on any atom is -0.457 e. The van der Waals surface area contributed by atoms with Crippen molar-refractivity contribution >= 4 is 11.9 Å². The lowest BCUT2D eigenvalue weighted by atomic mass is 9.97. The van der Waals surface area contributed by atoms with Crippen LogP contribution in [0.1, 0.15) is 26.7 Å². The molecule has 0 atom stereocenters. The highest BCUT2D eigenvalue weighted by molar-refractivity contribution is 5.88. The van der Waals surface area contributed by atoms with Crippen molar-refractivity contribution in [2.75, 3.05) is 19.8 Å². The molecule has 1 aliphatic heterocycles. The molecule has 0 unspecified atom stereocenters. The van der Waals surface area contributed by atoms with Gasteiger partial charge in [0.15, 0.2) is 6.61 Å². The molecular weight excluding hydrogens is 224 g/mol. The molecule has 0 radical (unpaired) electrons. The Labute approximate surface area is 101 Å². The molecule has 1 saturated heterocycles. The van der Waals surface area contributed by atoms with E-state index in [9.17, 15) is 9.59 Å². The summed E-state index contributed by atoms with van der Waals surface area (Å²) >= 11 is 0. The van der Waals surface area contributed by atoms with Crippen LogP contribution >= 0.6 is 0 Å². The summed E-state index contributed by atoms with van der Waals surface area (Å²) in [6, 6.07) is 0. The Balaban J connectivity index is 2.33. The maximum absolute atomic E-state index is 11.5. The highest BCUT2D eigenvalue weighted by Crippen LogP contribution is 2.24. The molecule has 0 aromatic carbocycles. The monoisotopic (exact) mass is 242 g/mol. The van der Waals surface area contributed by atoms with Gasteiger partial charge >= 0.3 is 11.9 Å². The summed E-state index contributed by atoms with van der Waals surface area (Å²) in [6.07, 6.45) is 1.32. The smallest absolute Gasteiger partial charge is 0.344 e. The third-order valence-electron chi connectivity index (χ3n) is 2.58. The third kappa shape index (κ3) is 4.56. The first-order valence-electron chi connectivity index (χ1n) is 5.55. The van der Waals surface area contributed by atoms with E-state index < -0.39 is 17.5 Å². The lowest BCUT2D eigenvalue weighted by molar-refractivity contribution is -0.174. The molecule has 0 amide bonds. The number of carbonyl (C=O) groups is 2. The van der Waals surface area contributed by atoms with E-state index in [1.165, 1.54) is 6.92 Å². The quantitative estimate of drug-likeness (QED) is 0.548. The molecular formula is C12H18O5. The molecule has 0 aromatic heterocycles. The van der Waals surface area contributed by atoms with E-state index >= 15 is 0 Å². The predicted octanol–water partition coefficient (Wildman–Crippen LogP) is 1.22. The average Bonchev–Trinajstić information content (AvgIpc) is 2.26. The number of carbonyl (C=O) groups excluding carboxylic acids is 2. The molecule has 0 saturated carbocycles. The van der Waals surface area contributed by atoms with Gasteiger partial charge in [-0.05, 0) is 13.8 Å². The van der Waals surface area contributed by atoms with Crippen molar-refractivity contribution in [2.45, 2.75) is 32.3 Å². The molecule has 0 aliphatic carbocycles. The molecule has 1 aliphatic rings. The zero-order valence-electron chi connectivity index (χ0n) is 10.3. The van der Waals surface area contributed by atoms with Gasteiger partial charge in [-0.15, -0.1) is 0 Å². The fourth-order valence-corrected chi connectivity index (χ4v) is 1.46. The number of rotatable bonds is 4. The second kappa shape index (κ2) is 5.82. The van der Waals surface area contributed by atoms with E-state index in [1.54, 1.807) is 0 Å². The van der Waals surface area contributed by atoms with Gasteiger partial charge in [0.25, 0.3) is 0 Å². The van der Waals surface area contributed by atoms with Crippen molar-refractivity contribution in [3.63, 3.8) is 0 Å². The summed E-state index contributed by atoms with van der Waals surface area (Å²) < 4.78 is 15.2. The minimum atomic E-state index is -0.584. The first kappa shape index (κ1) is 13.7. The SMILES string of the molecule is C=C(C)C(=O)OCC(=O)OC1(C)CCOCC1. The summed E-state index contributed by atoms with van der Waals surface area (Å²) in [6.45, 7) is 7.58.